The first-order valence-electron chi connectivity index (χ1n) is 8.78. The molecule has 0 N–H and O–H groups in total. The van der Waals surface area contributed by atoms with E-state index < -0.39 is 0 Å². The molecule has 2 aromatic rings. The predicted octanol–water partition coefficient (Wildman–Crippen LogP) is 3.84. The normalized spacial score (nSPS) is 10.9. The number of benzene rings is 2. The number of rotatable bonds is 8. The highest BCUT2D eigenvalue weighted by Crippen LogP contribution is 2.21. The number of allylic oxidation sites excluding steroid dienone is 1. The van der Waals surface area contributed by atoms with Gasteiger partial charge in [-0.2, -0.15) is 0 Å². The number of carbonyl (C=O) groups excluding carboxylic acids is 2. The van der Waals surface area contributed by atoms with Crippen LogP contribution in [0.2, 0.25) is 0 Å². The zero-order valence-corrected chi connectivity index (χ0v) is 16.1. The Hall–Kier alpha value is -3.08. The van der Waals surface area contributed by atoms with Gasteiger partial charge in [0.1, 0.15) is 11.5 Å². The topological polar surface area (TPSA) is 55.8 Å². The van der Waals surface area contributed by atoms with Crippen LogP contribution in [-0.2, 0) is 4.79 Å². The van der Waals surface area contributed by atoms with E-state index in [9.17, 15) is 9.59 Å². The second kappa shape index (κ2) is 9.57. The van der Waals surface area contributed by atoms with Crippen LogP contribution >= 0.6 is 0 Å². The molecule has 0 saturated heterocycles. The van der Waals surface area contributed by atoms with E-state index in [1.54, 1.807) is 44.4 Å². The van der Waals surface area contributed by atoms with Crippen molar-refractivity contribution in [3.05, 3.63) is 65.7 Å². The molecule has 0 unspecified atom stereocenters. The van der Waals surface area contributed by atoms with Gasteiger partial charge in [0.25, 0.3) is 5.91 Å². The van der Waals surface area contributed by atoms with Crippen LogP contribution in [0.3, 0.4) is 0 Å². The molecule has 0 bridgehead atoms. The molecule has 0 aliphatic rings. The van der Waals surface area contributed by atoms with Gasteiger partial charge in [0.15, 0.2) is 12.4 Å². The van der Waals surface area contributed by atoms with Crippen molar-refractivity contribution in [1.29, 1.82) is 0 Å². The van der Waals surface area contributed by atoms with E-state index in [1.807, 2.05) is 38.1 Å². The maximum Gasteiger partial charge on any atom is 0.259 e. The minimum Gasteiger partial charge on any atom is -0.490 e. The number of likely N-dealkylation sites (N-methyl/N-ethyl adjacent to an activating group) is 1. The molecule has 0 heterocycles. The molecule has 1 amide bonds. The summed E-state index contributed by atoms with van der Waals surface area (Å²) in [5.41, 5.74) is 1.33. The summed E-state index contributed by atoms with van der Waals surface area (Å²) in [5, 5.41) is 0. The van der Waals surface area contributed by atoms with Crippen molar-refractivity contribution >= 4 is 17.8 Å². The summed E-state index contributed by atoms with van der Waals surface area (Å²) in [4.78, 5) is 25.6. The summed E-state index contributed by atoms with van der Waals surface area (Å²) >= 11 is 0. The largest absolute Gasteiger partial charge is 0.490 e. The Kier molecular flexibility index (Phi) is 7.17. The minimum atomic E-state index is -0.154. The number of amides is 1. The fourth-order valence-electron chi connectivity index (χ4n) is 2.25. The Balaban J connectivity index is 2.09. The average Bonchev–Trinajstić information content (AvgIpc) is 2.64. The van der Waals surface area contributed by atoms with Crippen molar-refractivity contribution in [3.63, 3.8) is 0 Å². The smallest absolute Gasteiger partial charge is 0.259 e. The van der Waals surface area contributed by atoms with E-state index in [1.165, 1.54) is 11.0 Å². The van der Waals surface area contributed by atoms with Gasteiger partial charge in [-0.3, -0.25) is 9.59 Å². The van der Waals surface area contributed by atoms with E-state index in [0.29, 0.717) is 11.3 Å². The van der Waals surface area contributed by atoms with E-state index in [4.69, 9.17) is 9.47 Å². The molecule has 0 aliphatic heterocycles. The maximum absolute atomic E-state index is 12.5. The van der Waals surface area contributed by atoms with Crippen LogP contribution in [0.4, 0.5) is 0 Å². The Bertz CT molecular complexity index is 825. The van der Waals surface area contributed by atoms with Gasteiger partial charge in [-0.05, 0) is 44.2 Å². The highest BCUT2D eigenvalue weighted by atomic mass is 16.5. The Morgan fingerprint density at radius 2 is 1.81 bits per heavy atom. The third-order valence-corrected chi connectivity index (χ3v) is 3.68. The molecule has 0 fully saturated rings. The molecule has 0 radical (unpaired) electrons. The van der Waals surface area contributed by atoms with Crippen molar-refractivity contribution in [2.24, 2.45) is 0 Å². The first kappa shape index (κ1) is 20.2. The van der Waals surface area contributed by atoms with E-state index in [-0.39, 0.29) is 24.4 Å². The summed E-state index contributed by atoms with van der Waals surface area (Å²) in [6, 6.07) is 14.4. The van der Waals surface area contributed by atoms with Crippen molar-refractivity contribution < 1.29 is 19.1 Å². The van der Waals surface area contributed by atoms with E-state index in [0.717, 1.165) is 11.3 Å². The van der Waals surface area contributed by atoms with Crippen LogP contribution in [0.15, 0.2) is 54.6 Å². The molecule has 27 heavy (non-hydrogen) atoms. The lowest BCUT2D eigenvalue weighted by Gasteiger charge is -2.12. The number of hydrogen-bond acceptors (Lipinski definition) is 4. The SMILES string of the molecule is CC(C)Oc1ccccc1C=CC(=O)c1cccc(OCC(=O)N(C)C)c1. The van der Waals surface area contributed by atoms with Crippen molar-refractivity contribution in [2.45, 2.75) is 20.0 Å². The first-order valence-corrected chi connectivity index (χ1v) is 8.78. The molecule has 0 aliphatic carbocycles. The molecule has 0 spiro atoms. The van der Waals surface area contributed by atoms with Crippen LogP contribution in [-0.4, -0.2) is 43.4 Å². The summed E-state index contributed by atoms with van der Waals surface area (Å²) in [7, 11) is 3.33. The number of para-hydroxylation sites is 1. The zero-order chi connectivity index (χ0) is 19.8. The number of carbonyl (C=O) groups is 2. The van der Waals surface area contributed by atoms with Gasteiger partial charge >= 0.3 is 0 Å². The fraction of sp³-hybridized carbons (Fsp3) is 0.273. The molecule has 142 valence electrons. The predicted molar refractivity (Wildman–Crippen MR) is 106 cm³/mol. The molecule has 5 heteroatoms. The second-order valence-electron chi connectivity index (χ2n) is 6.51. The standard InChI is InChI=1S/C22H25NO4/c1-16(2)27-21-11-6-5-8-17(21)12-13-20(24)18-9-7-10-19(14-18)26-15-22(25)23(3)4/h5-14,16H,15H2,1-4H3. The lowest BCUT2D eigenvalue weighted by atomic mass is 10.1. The molecule has 0 aromatic heterocycles. The Morgan fingerprint density at radius 3 is 2.52 bits per heavy atom. The summed E-state index contributed by atoms with van der Waals surface area (Å²) in [6.45, 7) is 3.84. The van der Waals surface area contributed by atoms with Crippen LogP contribution in [0.1, 0.15) is 29.8 Å². The third-order valence-electron chi connectivity index (χ3n) is 3.68. The van der Waals surface area contributed by atoms with Gasteiger partial charge < -0.3 is 14.4 Å². The van der Waals surface area contributed by atoms with Crippen molar-refractivity contribution in [1.82, 2.24) is 4.90 Å². The van der Waals surface area contributed by atoms with Crippen LogP contribution in [0, 0.1) is 0 Å². The lowest BCUT2D eigenvalue weighted by molar-refractivity contribution is -0.130. The summed E-state index contributed by atoms with van der Waals surface area (Å²) in [5.74, 6) is 0.913. The van der Waals surface area contributed by atoms with Crippen LogP contribution in [0.5, 0.6) is 11.5 Å². The number of ketones is 1. The monoisotopic (exact) mass is 367 g/mol. The van der Waals surface area contributed by atoms with Crippen LogP contribution in [0.25, 0.3) is 6.08 Å². The van der Waals surface area contributed by atoms with Crippen molar-refractivity contribution in [2.75, 3.05) is 20.7 Å². The maximum atomic E-state index is 12.5. The highest BCUT2D eigenvalue weighted by Gasteiger charge is 2.08. The Morgan fingerprint density at radius 1 is 1.07 bits per heavy atom. The quantitative estimate of drug-likeness (QED) is 0.525. The third kappa shape index (κ3) is 6.29. The minimum absolute atomic E-state index is 0.0500. The zero-order valence-electron chi connectivity index (χ0n) is 16.1. The van der Waals surface area contributed by atoms with Gasteiger partial charge in [-0.25, -0.2) is 0 Å². The molecule has 2 aromatic carbocycles. The molecular weight excluding hydrogens is 342 g/mol. The molecule has 0 saturated carbocycles. The summed E-state index contributed by atoms with van der Waals surface area (Å²) < 4.78 is 11.2. The van der Waals surface area contributed by atoms with Crippen molar-refractivity contribution in [3.8, 4) is 11.5 Å². The van der Waals surface area contributed by atoms with Gasteiger partial charge in [0, 0.05) is 25.2 Å². The molecule has 0 atom stereocenters. The fourth-order valence-corrected chi connectivity index (χ4v) is 2.25. The van der Waals surface area contributed by atoms with Gasteiger partial charge in [0.2, 0.25) is 0 Å². The van der Waals surface area contributed by atoms with Gasteiger partial charge in [0.05, 0.1) is 6.10 Å². The number of nitrogens with zero attached hydrogens (tertiary/aromatic N) is 1. The number of hydrogen-bond donors (Lipinski definition) is 0. The summed E-state index contributed by atoms with van der Waals surface area (Å²) in [6.07, 6.45) is 3.30. The number of ether oxygens (including phenoxy) is 2. The second-order valence-corrected chi connectivity index (χ2v) is 6.51. The van der Waals surface area contributed by atoms with Gasteiger partial charge in [-0.15, -0.1) is 0 Å². The molecule has 5 nitrogen and oxygen atoms in total. The first-order chi connectivity index (χ1) is 12.9. The lowest BCUT2D eigenvalue weighted by Crippen LogP contribution is -2.27. The van der Waals surface area contributed by atoms with Gasteiger partial charge in [-0.1, -0.05) is 30.3 Å². The molecule has 2 rings (SSSR count). The highest BCUT2D eigenvalue weighted by molar-refractivity contribution is 6.07. The molecular formula is C22H25NO4. The van der Waals surface area contributed by atoms with E-state index >= 15 is 0 Å². The average molecular weight is 367 g/mol. The van der Waals surface area contributed by atoms with E-state index in [2.05, 4.69) is 0 Å². The van der Waals surface area contributed by atoms with Crippen LogP contribution < -0.4 is 9.47 Å². The Labute approximate surface area is 160 Å².